The van der Waals surface area contributed by atoms with Gasteiger partial charge in [-0.15, -0.1) is 11.3 Å². The molecule has 1 aromatic heterocycles. The lowest BCUT2D eigenvalue weighted by molar-refractivity contribution is 0.173. The van der Waals surface area contributed by atoms with Crippen LogP contribution in [0.2, 0.25) is 0 Å². The van der Waals surface area contributed by atoms with Gasteiger partial charge in [0.1, 0.15) is 12.4 Å². The van der Waals surface area contributed by atoms with Crippen LogP contribution in [0, 0.1) is 0 Å². The average Bonchev–Trinajstić information content (AvgIpc) is 2.99. The van der Waals surface area contributed by atoms with Gasteiger partial charge in [-0.1, -0.05) is 6.07 Å². The van der Waals surface area contributed by atoms with Gasteiger partial charge in [-0.3, -0.25) is 0 Å². The van der Waals surface area contributed by atoms with Crippen LogP contribution in [0.4, 0.5) is 10.5 Å². The molecule has 0 saturated heterocycles. The molecule has 0 aliphatic rings. The number of nitrogens with one attached hydrogen (secondary N) is 2. The van der Waals surface area contributed by atoms with Crippen molar-refractivity contribution >= 4 is 23.1 Å². The monoisotopic (exact) mass is 321 g/mol. The van der Waals surface area contributed by atoms with Crippen molar-refractivity contribution in [3.05, 3.63) is 40.8 Å². The van der Waals surface area contributed by atoms with E-state index in [0.717, 1.165) is 5.69 Å². The van der Waals surface area contributed by atoms with E-state index in [4.69, 9.17) is 9.47 Å². The minimum absolute atomic E-state index is 0.0610. The van der Waals surface area contributed by atoms with Crippen LogP contribution in [-0.4, -0.2) is 30.8 Å². The van der Waals surface area contributed by atoms with Gasteiger partial charge in [0, 0.05) is 24.2 Å². The molecule has 0 aliphatic carbocycles. The number of hydrogen-bond acceptors (Lipinski definition) is 5. The number of ether oxygens (including phenoxy) is 2. The lowest BCUT2D eigenvalue weighted by Gasteiger charge is -2.14. The number of nitrogens with zero attached hydrogens (tertiary/aromatic N) is 1. The molecule has 2 aromatic rings. The molecule has 0 fully saturated rings. The van der Waals surface area contributed by atoms with Gasteiger partial charge < -0.3 is 20.1 Å². The number of carbonyl (C=O) groups is 1. The Morgan fingerprint density at radius 1 is 1.45 bits per heavy atom. The van der Waals surface area contributed by atoms with Gasteiger partial charge >= 0.3 is 6.03 Å². The fraction of sp³-hybridized carbons (Fsp3) is 0.333. The molecule has 0 radical (unpaired) electrons. The summed E-state index contributed by atoms with van der Waals surface area (Å²) in [5, 5.41) is 7.48. The third kappa shape index (κ3) is 5.34. The minimum Gasteiger partial charge on any atom is -0.487 e. The van der Waals surface area contributed by atoms with Gasteiger partial charge in [0.15, 0.2) is 0 Å². The van der Waals surface area contributed by atoms with Crippen LogP contribution in [0.5, 0.6) is 5.75 Å². The lowest BCUT2D eigenvalue weighted by atomic mass is 10.3. The van der Waals surface area contributed by atoms with Gasteiger partial charge in [0.25, 0.3) is 0 Å². The fourth-order valence-corrected chi connectivity index (χ4v) is 2.36. The second-order valence-corrected chi connectivity index (χ2v) is 5.47. The van der Waals surface area contributed by atoms with Crippen molar-refractivity contribution in [2.24, 2.45) is 0 Å². The number of rotatable bonds is 7. The second-order valence-electron chi connectivity index (χ2n) is 4.75. The van der Waals surface area contributed by atoms with Crippen LogP contribution < -0.4 is 15.4 Å². The highest BCUT2D eigenvalue weighted by molar-refractivity contribution is 7.07. The van der Waals surface area contributed by atoms with Gasteiger partial charge in [-0.2, -0.15) is 0 Å². The third-order valence-electron chi connectivity index (χ3n) is 2.76. The number of thiazole rings is 1. The van der Waals surface area contributed by atoms with Gasteiger partial charge in [0.05, 0.1) is 23.9 Å². The summed E-state index contributed by atoms with van der Waals surface area (Å²) in [6, 6.07) is 6.90. The van der Waals surface area contributed by atoms with E-state index in [2.05, 4.69) is 15.6 Å². The highest BCUT2D eigenvalue weighted by Crippen LogP contribution is 2.18. The Bertz CT molecular complexity index is 589. The minimum atomic E-state index is -0.277. The van der Waals surface area contributed by atoms with Crippen molar-refractivity contribution < 1.29 is 14.3 Å². The summed E-state index contributed by atoms with van der Waals surface area (Å²) >= 11 is 1.53. The van der Waals surface area contributed by atoms with Crippen LogP contribution in [0.3, 0.4) is 0 Å². The van der Waals surface area contributed by atoms with E-state index in [1.165, 1.54) is 11.3 Å². The second kappa shape index (κ2) is 8.35. The molecule has 0 bridgehead atoms. The quantitative estimate of drug-likeness (QED) is 0.822. The Labute approximate surface area is 133 Å². The van der Waals surface area contributed by atoms with E-state index < -0.39 is 0 Å². The molecule has 6 nitrogen and oxygen atoms in total. The SMILES string of the molecule is COCC(C)NC(=O)Nc1cccc(OCc2cscn2)c1. The van der Waals surface area contributed by atoms with E-state index in [-0.39, 0.29) is 12.1 Å². The molecule has 2 N–H and O–H groups in total. The Kier molecular flexibility index (Phi) is 6.17. The van der Waals surface area contributed by atoms with Gasteiger partial charge in [0.2, 0.25) is 0 Å². The summed E-state index contributed by atoms with van der Waals surface area (Å²) in [4.78, 5) is 16.0. The maximum atomic E-state index is 11.8. The summed E-state index contributed by atoms with van der Waals surface area (Å²) in [5.41, 5.74) is 3.31. The molecular formula is C15H19N3O3S. The number of hydrogen-bond donors (Lipinski definition) is 2. The number of aromatic nitrogens is 1. The molecular weight excluding hydrogens is 302 g/mol. The smallest absolute Gasteiger partial charge is 0.319 e. The maximum absolute atomic E-state index is 11.8. The molecule has 0 saturated carbocycles. The van der Waals surface area contributed by atoms with Gasteiger partial charge in [-0.05, 0) is 19.1 Å². The van der Waals surface area contributed by atoms with Crippen LogP contribution in [0.25, 0.3) is 0 Å². The molecule has 1 heterocycles. The van der Waals surface area contributed by atoms with Crippen LogP contribution in [0.1, 0.15) is 12.6 Å². The summed E-state index contributed by atoms with van der Waals surface area (Å²) in [6.45, 7) is 2.74. The predicted octanol–water partition coefficient (Wildman–Crippen LogP) is 2.88. The van der Waals surface area contributed by atoms with Crippen molar-refractivity contribution in [1.29, 1.82) is 0 Å². The number of methoxy groups -OCH3 is 1. The van der Waals surface area contributed by atoms with Crippen molar-refractivity contribution in [3.8, 4) is 5.75 Å². The largest absolute Gasteiger partial charge is 0.487 e. The Morgan fingerprint density at radius 2 is 2.32 bits per heavy atom. The van der Waals surface area contributed by atoms with Crippen molar-refractivity contribution in [1.82, 2.24) is 10.3 Å². The first-order valence-electron chi connectivity index (χ1n) is 6.83. The van der Waals surface area contributed by atoms with Crippen LogP contribution in [-0.2, 0) is 11.3 Å². The van der Waals surface area contributed by atoms with Crippen molar-refractivity contribution in [2.75, 3.05) is 19.0 Å². The molecule has 0 spiro atoms. The Morgan fingerprint density at radius 3 is 3.05 bits per heavy atom. The number of amides is 2. The first kappa shape index (κ1) is 16.3. The topological polar surface area (TPSA) is 72.5 Å². The van der Waals surface area contributed by atoms with E-state index in [0.29, 0.717) is 24.7 Å². The molecule has 0 aliphatic heterocycles. The lowest BCUT2D eigenvalue weighted by Crippen LogP contribution is -2.38. The molecule has 2 amide bonds. The van der Waals surface area contributed by atoms with Crippen molar-refractivity contribution in [2.45, 2.75) is 19.6 Å². The van der Waals surface area contributed by atoms with E-state index in [1.54, 1.807) is 24.8 Å². The average molecular weight is 321 g/mol. The summed E-state index contributed by atoms with van der Waals surface area (Å²) < 4.78 is 10.6. The highest BCUT2D eigenvalue weighted by atomic mass is 32.1. The number of benzene rings is 1. The number of anilines is 1. The number of urea groups is 1. The zero-order valence-corrected chi connectivity index (χ0v) is 13.4. The summed E-state index contributed by atoms with van der Waals surface area (Å²) in [6.07, 6.45) is 0. The molecule has 22 heavy (non-hydrogen) atoms. The van der Waals surface area contributed by atoms with Crippen LogP contribution in [0.15, 0.2) is 35.2 Å². The molecule has 118 valence electrons. The third-order valence-corrected chi connectivity index (χ3v) is 3.39. The molecule has 1 unspecified atom stereocenters. The van der Waals surface area contributed by atoms with Gasteiger partial charge in [-0.25, -0.2) is 9.78 Å². The van der Waals surface area contributed by atoms with E-state index >= 15 is 0 Å². The molecule has 7 heteroatoms. The zero-order valence-electron chi connectivity index (χ0n) is 12.5. The predicted molar refractivity (Wildman–Crippen MR) is 86.4 cm³/mol. The highest BCUT2D eigenvalue weighted by Gasteiger charge is 2.07. The normalized spacial score (nSPS) is 11.7. The van der Waals surface area contributed by atoms with E-state index in [1.807, 2.05) is 24.4 Å². The molecule has 1 atom stereocenters. The first-order chi connectivity index (χ1) is 10.7. The zero-order chi connectivity index (χ0) is 15.8. The first-order valence-corrected chi connectivity index (χ1v) is 7.78. The van der Waals surface area contributed by atoms with Crippen molar-refractivity contribution in [3.63, 3.8) is 0 Å². The molecule has 1 aromatic carbocycles. The summed E-state index contributed by atoms with van der Waals surface area (Å²) in [7, 11) is 1.60. The standard InChI is InChI=1S/C15H19N3O3S/c1-11(7-20-2)17-15(19)18-12-4-3-5-14(6-12)21-8-13-9-22-10-16-13/h3-6,9-11H,7-8H2,1-2H3,(H2,17,18,19). The Balaban J connectivity index is 1.86. The summed E-state index contributed by atoms with van der Waals surface area (Å²) in [5.74, 6) is 0.677. The number of carbonyl (C=O) groups excluding carboxylic acids is 1. The maximum Gasteiger partial charge on any atom is 0.319 e. The van der Waals surface area contributed by atoms with Crippen LogP contribution >= 0.6 is 11.3 Å². The molecule has 2 rings (SSSR count). The fourth-order valence-electron chi connectivity index (χ4n) is 1.81. The van der Waals surface area contributed by atoms with E-state index in [9.17, 15) is 4.79 Å². The Hall–Kier alpha value is -2.12.